The van der Waals surface area contributed by atoms with Gasteiger partial charge in [0.05, 0.1) is 10.0 Å². The average Bonchev–Trinajstić information content (AvgIpc) is 2.35. The highest BCUT2D eigenvalue weighted by Gasteiger charge is 2.08. The summed E-state index contributed by atoms with van der Waals surface area (Å²) in [6.45, 7) is 4.38. The third-order valence-corrected chi connectivity index (χ3v) is 2.87. The minimum Gasteiger partial charge on any atom is -0.385 e. The number of nitrogens with zero attached hydrogens (tertiary/aromatic N) is 1. The summed E-state index contributed by atoms with van der Waals surface area (Å²) in [7, 11) is 1.68. The molecule has 1 rings (SSSR count). The Bertz CT molecular complexity index is 375. The normalized spacial score (nSPS) is 10.4. The third kappa shape index (κ3) is 4.88. The van der Waals surface area contributed by atoms with E-state index in [1.54, 1.807) is 13.2 Å². The third-order valence-electron chi connectivity index (χ3n) is 2.29. The fraction of sp³-hybridized carbons (Fsp3) is 0.583. The number of nitrogens with one attached hydrogen (secondary N) is 2. The van der Waals surface area contributed by atoms with Crippen LogP contribution in [0.5, 0.6) is 0 Å². The molecule has 0 aromatic carbocycles. The Morgan fingerprint density at radius 3 is 2.33 bits per heavy atom. The Hall–Kier alpha value is -0.710. The molecule has 0 radical (unpaired) electrons. The fourth-order valence-corrected chi connectivity index (χ4v) is 1.87. The maximum absolute atomic E-state index is 6.08. The highest BCUT2D eigenvalue weighted by atomic mass is 35.5. The Labute approximate surface area is 118 Å². The van der Waals surface area contributed by atoms with Crippen LogP contribution in [0.25, 0.3) is 0 Å². The standard InChI is InChI=1S/C12H19Cl2N3O/c1-3-5-15-11-9(13)8-10(14)12(17-11)16-6-4-7-18-2/h8H,3-7H2,1-2H3,(H2,15,16,17). The van der Waals surface area contributed by atoms with Crippen LogP contribution in [-0.2, 0) is 4.74 Å². The molecule has 4 nitrogen and oxygen atoms in total. The quantitative estimate of drug-likeness (QED) is 0.718. The van der Waals surface area contributed by atoms with E-state index in [9.17, 15) is 0 Å². The molecule has 1 heterocycles. The molecule has 18 heavy (non-hydrogen) atoms. The van der Waals surface area contributed by atoms with Crippen molar-refractivity contribution in [2.75, 3.05) is 37.4 Å². The molecule has 0 aliphatic heterocycles. The molecule has 0 fully saturated rings. The zero-order valence-electron chi connectivity index (χ0n) is 10.7. The zero-order chi connectivity index (χ0) is 13.4. The first kappa shape index (κ1) is 15.3. The van der Waals surface area contributed by atoms with Crippen molar-refractivity contribution in [3.05, 3.63) is 16.1 Å². The second-order valence-electron chi connectivity index (χ2n) is 3.85. The van der Waals surface area contributed by atoms with Gasteiger partial charge in [0, 0.05) is 26.8 Å². The second kappa shape index (κ2) is 8.40. The fourth-order valence-electron chi connectivity index (χ4n) is 1.38. The van der Waals surface area contributed by atoms with Gasteiger partial charge in [-0.2, -0.15) is 0 Å². The maximum atomic E-state index is 6.08. The lowest BCUT2D eigenvalue weighted by Gasteiger charge is -2.12. The summed E-state index contributed by atoms with van der Waals surface area (Å²) in [4.78, 5) is 4.38. The summed E-state index contributed by atoms with van der Waals surface area (Å²) in [6, 6.07) is 1.70. The van der Waals surface area contributed by atoms with Gasteiger partial charge in [-0.15, -0.1) is 0 Å². The molecule has 0 atom stereocenters. The Morgan fingerprint density at radius 1 is 1.17 bits per heavy atom. The molecule has 0 aliphatic carbocycles. The van der Waals surface area contributed by atoms with E-state index in [0.717, 1.165) is 25.9 Å². The molecule has 1 aromatic heterocycles. The zero-order valence-corrected chi connectivity index (χ0v) is 12.2. The number of anilines is 2. The van der Waals surface area contributed by atoms with E-state index in [4.69, 9.17) is 27.9 Å². The van der Waals surface area contributed by atoms with E-state index in [0.29, 0.717) is 28.3 Å². The van der Waals surface area contributed by atoms with Crippen molar-refractivity contribution in [1.29, 1.82) is 0 Å². The lowest BCUT2D eigenvalue weighted by atomic mass is 10.4. The van der Waals surface area contributed by atoms with Crippen LogP contribution in [0.15, 0.2) is 6.07 Å². The maximum Gasteiger partial charge on any atom is 0.147 e. The summed E-state index contributed by atoms with van der Waals surface area (Å²) in [5.74, 6) is 1.31. The monoisotopic (exact) mass is 291 g/mol. The van der Waals surface area contributed by atoms with Crippen LogP contribution in [0.3, 0.4) is 0 Å². The van der Waals surface area contributed by atoms with E-state index < -0.39 is 0 Å². The van der Waals surface area contributed by atoms with Crippen LogP contribution in [0.1, 0.15) is 19.8 Å². The largest absolute Gasteiger partial charge is 0.385 e. The van der Waals surface area contributed by atoms with Gasteiger partial charge in [0.2, 0.25) is 0 Å². The van der Waals surface area contributed by atoms with Crippen molar-refractivity contribution in [1.82, 2.24) is 4.98 Å². The van der Waals surface area contributed by atoms with Gasteiger partial charge < -0.3 is 15.4 Å². The molecule has 0 unspecified atom stereocenters. The van der Waals surface area contributed by atoms with E-state index in [1.165, 1.54) is 0 Å². The van der Waals surface area contributed by atoms with E-state index in [-0.39, 0.29) is 0 Å². The molecule has 0 aliphatic rings. The molecule has 0 saturated heterocycles. The smallest absolute Gasteiger partial charge is 0.147 e. The van der Waals surface area contributed by atoms with Gasteiger partial charge in [-0.1, -0.05) is 30.1 Å². The molecule has 0 bridgehead atoms. The predicted molar refractivity (Wildman–Crippen MR) is 78.0 cm³/mol. The number of rotatable bonds is 8. The van der Waals surface area contributed by atoms with Gasteiger partial charge in [-0.05, 0) is 18.9 Å². The number of hydrogen-bond acceptors (Lipinski definition) is 4. The van der Waals surface area contributed by atoms with Crippen molar-refractivity contribution in [3.63, 3.8) is 0 Å². The van der Waals surface area contributed by atoms with Crippen LogP contribution in [-0.4, -0.2) is 31.8 Å². The lowest BCUT2D eigenvalue weighted by Crippen LogP contribution is -2.09. The minimum absolute atomic E-state index is 0.527. The average molecular weight is 292 g/mol. The number of hydrogen-bond donors (Lipinski definition) is 2. The molecular formula is C12H19Cl2N3O. The van der Waals surface area contributed by atoms with Crippen molar-refractivity contribution in [2.45, 2.75) is 19.8 Å². The first-order valence-corrected chi connectivity index (χ1v) is 6.77. The highest BCUT2D eigenvalue weighted by molar-refractivity contribution is 6.37. The summed E-state index contributed by atoms with van der Waals surface area (Å²) in [5, 5.41) is 7.40. The first-order valence-electron chi connectivity index (χ1n) is 6.01. The summed E-state index contributed by atoms with van der Waals surface area (Å²) < 4.78 is 4.98. The predicted octanol–water partition coefficient (Wildman–Crippen LogP) is 3.66. The number of methoxy groups -OCH3 is 1. The summed E-state index contributed by atoms with van der Waals surface area (Å²) >= 11 is 12.1. The molecule has 0 amide bonds. The molecule has 0 spiro atoms. The van der Waals surface area contributed by atoms with Crippen LogP contribution in [0.2, 0.25) is 10.0 Å². The number of ether oxygens (including phenoxy) is 1. The van der Waals surface area contributed by atoms with Gasteiger partial charge in [-0.25, -0.2) is 4.98 Å². The molecule has 6 heteroatoms. The van der Waals surface area contributed by atoms with E-state index >= 15 is 0 Å². The van der Waals surface area contributed by atoms with Gasteiger partial charge in [0.15, 0.2) is 0 Å². The van der Waals surface area contributed by atoms with Crippen molar-refractivity contribution in [2.24, 2.45) is 0 Å². The lowest BCUT2D eigenvalue weighted by molar-refractivity contribution is 0.198. The van der Waals surface area contributed by atoms with E-state index in [1.807, 2.05) is 0 Å². The number of halogens is 2. The number of pyridine rings is 1. The van der Waals surface area contributed by atoms with Gasteiger partial charge in [-0.3, -0.25) is 0 Å². The van der Waals surface area contributed by atoms with Crippen LogP contribution < -0.4 is 10.6 Å². The van der Waals surface area contributed by atoms with Crippen LogP contribution >= 0.6 is 23.2 Å². The van der Waals surface area contributed by atoms with Crippen LogP contribution in [0.4, 0.5) is 11.6 Å². The SMILES string of the molecule is CCCNc1nc(NCCCOC)c(Cl)cc1Cl. The molecular weight excluding hydrogens is 273 g/mol. The van der Waals surface area contributed by atoms with Crippen LogP contribution in [0, 0.1) is 0 Å². The Morgan fingerprint density at radius 2 is 1.78 bits per heavy atom. The first-order chi connectivity index (χ1) is 8.69. The molecule has 0 saturated carbocycles. The van der Waals surface area contributed by atoms with Crippen molar-refractivity contribution >= 4 is 34.8 Å². The second-order valence-corrected chi connectivity index (χ2v) is 4.66. The van der Waals surface area contributed by atoms with Gasteiger partial charge >= 0.3 is 0 Å². The number of aromatic nitrogens is 1. The molecule has 1 aromatic rings. The minimum atomic E-state index is 0.527. The molecule has 102 valence electrons. The van der Waals surface area contributed by atoms with Gasteiger partial charge in [0.25, 0.3) is 0 Å². The summed E-state index contributed by atoms with van der Waals surface area (Å²) in [5.41, 5.74) is 0. The topological polar surface area (TPSA) is 46.2 Å². The van der Waals surface area contributed by atoms with Crippen molar-refractivity contribution in [3.8, 4) is 0 Å². The Kier molecular flexibility index (Phi) is 7.16. The Balaban J connectivity index is 2.65. The van der Waals surface area contributed by atoms with E-state index in [2.05, 4.69) is 22.5 Å². The van der Waals surface area contributed by atoms with Gasteiger partial charge in [0.1, 0.15) is 11.6 Å². The highest BCUT2D eigenvalue weighted by Crippen LogP contribution is 2.29. The molecule has 2 N–H and O–H groups in total. The summed E-state index contributed by atoms with van der Waals surface area (Å²) in [6.07, 6.45) is 1.91. The van der Waals surface area contributed by atoms with Crippen molar-refractivity contribution < 1.29 is 4.74 Å².